The van der Waals surface area contributed by atoms with Crippen molar-refractivity contribution in [2.24, 2.45) is 0 Å². The number of hydrogen-bond donors (Lipinski definition) is 2. The van der Waals surface area contributed by atoms with Crippen molar-refractivity contribution in [3.63, 3.8) is 0 Å². The van der Waals surface area contributed by atoms with Gasteiger partial charge in [0.05, 0.1) is 13.4 Å². The van der Waals surface area contributed by atoms with Crippen molar-refractivity contribution >= 4 is 40.9 Å². The molecule has 13 heteroatoms. The van der Waals surface area contributed by atoms with Gasteiger partial charge in [-0.05, 0) is 32.9 Å². The summed E-state index contributed by atoms with van der Waals surface area (Å²) in [5, 5.41) is 5.26. The number of rotatable bonds is 9. The molecule has 3 rings (SSSR count). The van der Waals surface area contributed by atoms with Crippen LogP contribution in [-0.2, 0) is 25.6 Å². The predicted molar refractivity (Wildman–Crippen MR) is 133 cm³/mol. The van der Waals surface area contributed by atoms with E-state index in [4.69, 9.17) is 9.47 Å². The van der Waals surface area contributed by atoms with Crippen molar-refractivity contribution in [1.29, 1.82) is 0 Å². The zero-order valence-corrected chi connectivity index (χ0v) is 21.1. The third-order valence-electron chi connectivity index (χ3n) is 4.93. The molecule has 0 bridgehead atoms. The number of carbonyl (C=O) groups excluding carboxylic acids is 4. The summed E-state index contributed by atoms with van der Waals surface area (Å²) in [4.78, 5) is 63.2. The summed E-state index contributed by atoms with van der Waals surface area (Å²) >= 11 is 0. The van der Waals surface area contributed by atoms with Crippen LogP contribution in [0.4, 0.5) is 10.6 Å². The summed E-state index contributed by atoms with van der Waals surface area (Å²) < 4.78 is 11.4. The van der Waals surface area contributed by atoms with Crippen molar-refractivity contribution in [2.75, 3.05) is 32.1 Å². The molecule has 0 radical (unpaired) electrons. The maximum atomic E-state index is 13.1. The molecule has 0 saturated heterocycles. The van der Waals surface area contributed by atoms with Gasteiger partial charge in [0.25, 0.3) is 5.91 Å². The molecular formula is C24H29N7O6. The second kappa shape index (κ2) is 11.9. The maximum Gasteiger partial charge on any atom is 0.407 e. The Bertz CT molecular complexity index is 1270. The number of esters is 1. The molecule has 196 valence electrons. The average molecular weight is 512 g/mol. The number of ether oxygens (including phenoxy) is 2. The predicted octanol–water partition coefficient (Wildman–Crippen LogP) is 1.60. The fraction of sp³-hybridized carbons (Fsp3) is 0.375. The lowest BCUT2D eigenvalue weighted by Gasteiger charge is -2.23. The van der Waals surface area contributed by atoms with Crippen LogP contribution in [0.5, 0.6) is 0 Å². The number of amides is 3. The third kappa shape index (κ3) is 7.72. The molecule has 13 nitrogen and oxygen atoms in total. The highest BCUT2D eigenvalue weighted by molar-refractivity contribution is 6.06. The molecule has 2 aromatic heterocycles. The topological polar surface area (TPSA) is 158 Å². The number of anilines is 1. The van der Waals surface area contributed by atoms with E-state index < -0.39 is 23.6 Å². The van der Waals surface area contributed by atoms with E-state index in [1.807, 2.05) is 0 Å². The molecule has 0 atom stereocenters. The zero-order valence-electron chi connectivity index (χ0n) is 21.1. The second-order valence-corrected chi connectivity index (χ2v) is 8.91. The summed E-state index contributed by atoms with van der Waals surface area (Å²) in [5.74, 6) is -1.23. The van der Waals surface area contributed by atoms with Gasteiger partial charge in [0, 0.05) is 18.7 Å². The van der Waals surface area contributed by atoms with Crippen molar-refractivity contribution < 1.29 is 28.7 Å². The summed E-state index contributed by atoms with van der Waals surface area (Å²) in [7, 11) is 1.22. The highest BCUT2D eigenvalue weighted by Crippen LogP contribution is 2.18. The van der Waals surface area contributed by atoms with Gasteiger partial charge in [-0.25, -0.2) is 19.7 Å². The molecule has 0 spiro atoms. The zero-order chi connectivity index (χ0) is 27.0. The van der Waals surface area contributed by atoms with Crippen LogP contribution in [0.15, 0.2) is 43.0 Å². The molecule has 0 fully saturated rings. The van der Waals surface area contributed by atoms with E-state index in [1.54, 1.807) is 51.1 Å². The van der Waals surface area contributed by atoms with E-state index in [0.29, 0.717) is 16.7 Å². The molecular weight excluding hydrogens is 482 g/mol. The van der Waals surface area contributed by atoms with Crippen LogP contribution < -0.4 is 10.6 Å². The molecule has 0 aliphatic carbocycles. The number of nitrogens with zero attached hydrogens (tertiary/aromatic N) is 5. The van der Waals surface area contributed by atoms with Gasteiger partial charge in [-0.1, -0.05) is 18.2 Å². The molecule has 0 aliphatic heterocycles. The van der Waals surface area contributed by atoms with E-state index in [-0.39, 0.29) is 37.9 Å². The first-order valence-electron chi connectivity index (χ1n) is 11.4. The second-order valence-electron chi connectivity index (χ2n) is 8.91. The average Bonchev–Trinajstić information content (AvgIpc) is 3.26. The molecule has 0 aliphatic rings. The van der Waals surface area contributed by atoms with Gasteiger partial charge >= 0.3 is 12.1 Å². The Balaban J connectivity index is 1.71. The van der Waals surface area contributed by atoms with Crippen LogP contribution in [0.3, 0.4) is 0 Å². The van der Waals surface area contributed by atoms with E-state index in [1.165, 1.54) is 29.2 Å². The van der Waals surface area contributed by atoms with Crippen molar-refractivity contribution in [3.8, 4) is 0 Å². The number of fused-ring (bicyclic) bond motifs is 1. The smallest absolute Gasteiger partial charge is 0.407 e. The number of carbonyl (C=O) groups is 4. The minimum Gasteiger partial charge on any atom is -0.468 e. The monoisotopic (exact) mass is 511 g/mol. The van der Waals surface area contributed by atoms with Gasteiger partial charge in [-0.2, -0.15) is 0 Å². The van der Waals surface area contributed by atoms with Crippen LogP contribution in [0.2, 0.25) is 0 Å². The lowest BCUT2D eigenvalue weighted by atomic mass is 10.2. The van der Waals surface area contributed by atoms with Crippen LogP contribution in [0.25, 0.3) is 11.2 Å². The Morgan fingerprint density at radius 1 is 1.05 bits per heavy atom. The van der Waals surface area contributed by atoms with Gasteiger partial charge in [0.15, 0.2) is 17.0 Å². The van der Waals surface area contributed by atoms with E-state index in [0.717, 1.165) is 0 Å². The maximum absolute atomic E-state index is 13.1. The first-order chi connectivity index (χ1) is 17.6. The molecule has 0 unspecified atom stereocenters. The number of benzene rings is 1. The van der Waals surface area contributed by atoms with Crippen molar-refractivity contribution in [2.45, 2.75) is 32.9 Å². The normalized spacial score (nSPS) is 11.0. The Morgan fingerprint density at radius 3 is 2.46 bits per heavy atom. The Morgan fingerprint density at radius 2 is 1.78 bits per heavy atom. The summed E-state index contributed by atoms with van der Waals surface area (Å²) in [6, 6.07) is 8.62. The minimum atomic E-state index is -0.671. The number of methoxy groups -OCH3 is 1. The molecule has 2 heterocycles. The van der Waals surface area contributed by atoms with Crippen LogP contribution in [-0.4, -0.2) is 80.6 Å². The first-order valence-corrected chi connectivity index (χ1v) is 11.4. The SMILES string of the molecule is COC(=O)CN(CCNC(=O)OC(C)(C)C)C(=O)Cn1cnc2c(NC(=O)c3ccccc3)ncnc21. The molecule has 3 amide bonds. The number of imidazole rings is 1. The lowest BCUT2D eigenvalue weighted by molar-refractivity contribution is -0.147. The highest BCUT2D eigenvalue weighted by Gasteiger charge is 2.21. The van der Waals surface area contributed by atoms with Gasteiger partial charge in [0.2, 0.25) is 5.91 Å². The molecule has 0 saturated carbocycles. The van der Waals surface area contributed by atoms with E-state index in [9.17, 15) is 19.2 Å². The van der Waals surface area contributed by atoms with Crippen LogP contribution >= 0.6 is 0 Å². The number of hydrogen-bond acceptors (Lipinski definition) is 9. The molecule has 1 aromatic carbocycles. The quantitative estimate of drug-likeness (QED) is 0.407. The van der Waals surface area contributed by atoms with Crippen LogP contribution in [0.1, 0.15) is 31.1 Å². The molecule has 37 heavy (non-hydrogen) atoms. The lowest BCUT2D eigenvalue weighted by Crippen LogP contribution is -2.43. The van der Waals surface area contributed by atoms with Gasteiger partial charge in [-0.15, -0.1) is 0 Å². The van der Waals surface area contributed by atoms with Gasteiger partial charge in [0.1, 0.15) is 25.0 Å². The summed E-state index contributed by atoms with van der Waals surface area (Å²) in [5.41, 5.74) is 0.389. The Labute approximate surface area is 213 Å². The number of alkyl carbamates (subject to hydrolysis) is 1. The Kier molecular flexibility index (Phi) is 8.72. The minimum absolute atomic E-state index is 0.0349. The molecule has 2 N–H and O–H groups in total. The third-order valence-corrected chi connectivity index (χ3v) is 4.93. The van der Waals surface area contributed by atoms with E-state index in [2.05, 4.69) is 25.6 Å². The standard InChI is InChI=1S/C24H29N7O6/c1-24(2,3)37-23(35)25-10-11-30(13-18(33)36-4)17(32)12-31-15-28-19-20(26-14-27-21(19)31)29-22(34)16-8-6-5-7-9-16/h5-9,14-15H,10-13H2,1-4H3,(H,25,35)(H,26,27,29,34). The number of nitrogens with one attached hydrogen (secondary N) is 2. The fourth-order valence-electron chi connectivity index (χ4n) is 3.22. The Hall–Kier alpha value is -4.55. The first kappa shape index (κ1) is 27.0. The molecule has 3 aromatic rings. The summed E-state index contributed by atoms with van der Waals surface area (Å²) in [6.45, 7) is 4.77. The van der Waals surface area contributed by atoms with Crippen LogP contribution in [0, 0.1) is 0 Å². The van der Waals surface area contributed by atoms with Gasteiger partial charge < -0.3 is 29.6 Å². The van der Waals surface area contributed by atoms with E-state index >= 15 is 0 Å². The van der Waals surface area contributed by atoms with Crippen molar-refractivity contribution in [3.05, 3.63) is 48.5 Å². The summed E-state index contributed by atoms with van der Waals surface area (Å²) in [6.07, 6.45) is 2.01. The fourth-order valence-corrected chi connectivity index (χ4v) is 3.22. The largest absolute Gasteiger partial charge is 0.468 e. The van der Waals surface area contributed by atoms with Gasteiger partial charge in [-0.3, -0.25) is 14.4 Å². The highest BCUT2D eigenvalue weighted by atomic mass is 16.6. The number of aromatic nitrogens is 4. The van der Waals surface area contributed by atoms with Crippen molar-refractivity contribution in [1.82, 2.24) is 29.7 Å².